The summed E-state index contributed by atoms with van der Waals surface area (Å²) in [4.78, 5) is 12.7. The predicted octanol–water partition coefficient (Wildman–Crippen LogP) is 1.28. The fourth-order valence-corrected chi connectivity index (χ4v) is 1.55. The Morgan fingerprint density at radius 3 is 2.33 bits per heavy atom. The van der Waals surface area contributed by atoms with Gasteiger partial charge in [-0.15, -0.1) is 0 Å². The van der Waals surface area contributed by atoms with Crippen LogP contribution in [0.3, 0.4) is 0 Å². The van der Waals surface area contributed by atoms with Crippen LogP contribution in [-0.2, 0) is 4.79 Å². The number of halogens is 3. The molecular weight excluding hydrogens is 209 g/mol. The number of amides is 1. The van der Waals surface area contributed by atoms with Crippen molar-refractivity contribution in [2.75, 3.05) is 13.6 Å². The first-order valence-corrected chi connectivity index (χ1v) is 4.86. The molecule has 15 heavy (non-hydrogen) atoms. The van der Waals surface area contributed by atoms with Gasteiger partial charge < -0.3 is 10.6 Å². The molecule has 0 aromatic carbocycles. The van der Waals surface area contributed by atoms with E-state index in [0.717, 1.165) is 11.3 Å². The van der Waals surface area contributed by atoms with E-state index in [2.05, 4.69) is 0 Å². The number of likely N-dealkylation sites (N-methyl/N-ethyl adjacent to an activating group) is 1. The van der Waals surface area contributed by atoms with Gasteiger partial charge in [-0.2, -0.15) is 13.2 Å². The van der Waals surface area contributed by atoms with Crippen LogP contribution in [0.4, 0.5) is 13.2 Å². The van der Waals surface area contributed by atoms with Gasteiger partial charge in [-0.1, -0.05) is 0 Å². The van der Waals surface area contributed by atoms with E-state index in [1.807, 2.05) is 0 Å². The van der Waals surface area contributed by atoms with Crippen LogP contribution in [0.5, 0.6) is 0 Å². The summed E-state index contributed by atoms with van der Waals surface area (Å²) in [5.41, 5.74) is 4.81. The summed E-state index contributed by atoms with van der Waals surface area (Å²) in [6.45, 7) is -0.318. The van der Waals surface area contributed by atoms with Crippen molar-refractivity contribution in [2.24, 2.45) is 5.73 Å². The largest absolute Gasteiger partial charge is 0.390 e. The van der Waals surface area contributed by atoms with Gasteiger partial charge in [-0.05, 0) is 19.3 Å². The highest BCUT2D eigenvalue weighted by molar-refractivity contribution is 5.86. The maximum absolute atomic E-state index is 11.9. The quantitative estimate of drug-likeness (QED) is 0.784. The average molecular weight is 224 g/mol. The van der Waals surface area contributed by atoms with E-state index in [-0.39, 0.29) is 12.5 Å². The Labute approximate surface area is 86.4 Å². The molecule has 1 amide bonds. The summed E-state index contributed by atoms with van der Waals surface area (Å²) in [5.74, 6) is -0.377. The van der Waals surface area contributed by atoms with Gasteiger partial charge >= 0.3 is 6.18 Å². The number of alkyl halides is 3. The third-order valence-corrected chi connectivity index (χ3v) is 2.75. The molecule has 0 aromatic rings. The number of rotatable bonds is 3. The van der Waals surface area contributed by atoms with Crippen LogP contribution in [0.2, 0.25) is 0 Å². The third kappa shape index (κ3) is 3.09. The summed E-state index contributed by atoms with van der Waals surface area (Å²) in [5, 5.41) is 0. The van der Waals surface area contributed by atoms with E-state index in [1.54, 1.807) is 0 Å². The van der Waals surface area contributed by atoms with Crippen molar-refractivity contribution in [1.29, 1.82) is 0 Å². The van der Waals surface area contributed by atoms with E-state index < -0.39 is 18.1 Å². The van der Waals surface area contributed by atoms with Crippen LogP contribution in [0, 0.1) is 0 Å². The number of carbonyl (C=O) groups excluding carboxylic acids is 1. The molecule has 1 fully saturated rings. The van der Waals surface area contributed by atoms with Gasteiger partial charge in [0.05, 0.1) is 12.0 Å². The lowest BCUT2D eigenvalue weighted by Gasteiger charge is -2.39. The molecular formula is C9H15F3N2O. The van der Waals surface area contributed by atoms with Crippen molar-refractivity contribution in [3.05, 3.63) is 0 Å². The Hall–Kier alpha value is -0.780. The SMILES string of the molecule is CN(CCC(F)(F)F)C(=O)C1(N)CCC1. The highest BCUT2D eigenvalue weighted by Crippen LogP contribution is 2.31. The molecule has 0 radical (unpaired) electrons. The lowest BCUT2D eigenvalue weighted by atomic mass is 9.76. The molecule has 0 heterocycles. The summed E-state index contributed by atoms with van der Waals surface area (Å²) in [7, 11) is 1.36. The lowest BCUT2D eigenvalue weighted by Crippen LogP contribution is -2.59. The Morgan fingerprint density at radius 1 is 1.47 bits per heavy atom. The van der Waals surface area contributed by atoms with E-state index >= 15 is 0 Å². The molecule has 2 N–H and O–H groups in total. The number of nitrogens with two attached hydrogens (primary N) is 1. The molecule has 0 aromatic heterocycles. The molecule has 0 spiro atoms. The Kier molecular flexibility index (Phi) is 3.28. The second-order valence-electron chi connectivity index (χ2n) is 4.10. The molecule has 0 atom stereocenters. The minimum atomic E-state index is -4.23. The van der Waals surface area contributed by atoms with Crippen molar-refractivity contribution in [3.8, 4) is 0 Å². The maximum atomic E-state index is 11.9. The normalized spacial score (nSPS) is 19.5. The van der Waals surface area contributed by atoms with Gasteiger partial charge in [0.2, 0.25) is 5.91 Å². The van der Waals surface area contributed by atoms with Gasteiger partial charge in [-0.25, -0.2) is 0 Å². The first-order valence-electron chi connectivity index (χ1n) is 4.86. The number of carbonyl (C=O) groups is 1. The van der Waals surface area contributed by atoms with Gasteiger partial charge in [0.15, 0.2) is 0 Å². The van der Waals surface area contributed by atoms with Crippen LogP contribution in [-0.4, -0.2) is 36.1 Å². The van der Waals surface area contributed by atoms with Crippen molar-refractivity contribution in [2.45, 2.75) is 37.4 Å². The molecule has 1 aliphatic rings. The number of nitrogens with zero attached hydrogens (tertiary/aromatic N) is 1. The Bertz CT molecular complexity index is 248. The molecule has 3 nitrogen and oxygen atoms in total. The molecule has 0 saturated heterocycles. The van der Waals surface area contributed by atoms with Gasteiger partial charge in [-0.3, -0.25) is 4.79 Å². The zero-order valence-corrected chi connectivity index (χ0v) is 8.60. The molecule has 88 valence electrons. The van der Waals surface area contributed by atoms with Gasteiger partial charge in [0, 0.05) is 13.6 Å². The summed E-state index contributed by atoms with van der Waals surface area (Å²) >= 11 is 0. The molecule has 6 heteroatoms. The summed E-state index contributed by atoms with van der Waals surface area (Å²) < 4.78 is 35.7. The zero-order valence-electron chi connectivity index (χ0n) is 8.60. The van der Waals surface area contributed by atoms with Crippen molar-refractivity contribution in [3.63, 3.8) is 0 Å². The van der Waals surface area contributed by atoms with Gasteiger partial charge in [0.1, 0.15) is 0 Å². The minimum Gasteiger partial charge on any atom is -0.344 e. The summed E-state index contributed by atoms with van der Waals surface area (Å²) in [6, 6.07) is 0. The van der Waals surface area contributed by atoms with E-state index in [1.165, 1.54) is 7.05 Å². The maximum Gasteiger partial charge on any atom is 0.390 e. The molecule has 1 aliphatic carbocycles. The first kappa shape index (κ1) is 12.3. The van der Waals surface area contributed by atoms with Crippen molar-refractivity contribution < 1.29 is 18.0 Å². The number of hydrogen-bond donors (Lipinski definition) is 1. The fraction of sp³-hybridized carbons (Fsp3) is 0.889. The van der Waals surface area contributed by atoms with Crippen molar-refractivity contribution in [1.82, 2.24) is 4.90 Å². The minimum absolute atomic E-state index is 0.318. The molecule has 0 aliphatic heterocycles. The van der Waals surface area contributed by atoms with Crippen LogP contribution in [0.25, 0.3) is 0 Å². The number of hydrogen-bond acceptors (Lipinski definition) is 2. The van der Waals surface area contributed by atoms with E-state index in [4.69, 9.17) is 5.73 Å². The smallest absolute Gasteiger partial charge is 0.344 e. The predicted molar refractivity (Wildman–Crippen MR) is 49.1 cm³/mol. The molecule has 1 saturated carbocycles. The van der Waals surface area contributed by atoms with E-state index in [9.17, 15) is 18.0 Å². The zero-order chi connectivity index (χ0) is 11.7. The lowest BCUT2D eigenvalue weighted by molar-refractivity contribution is -0.148. The third-order valence-electron chi connectivity index (χ3n) is 2.75. The highest BCUT2D eigenvalue weighted by Gasteiger charge is 2.42. The molecule has 0 bridgehead atoms. The second-order valence-corrected chi connectivity index (χ2v) is 4.10. The molecule has 0 unspecified atom stereocenters. The van der Waals surface area contributed by atoms with Crippen LogP contribution in [0.1, 0.15) is 25.7 Å². The Balaban J connectivity index is 2.40. The van der Waals surface area contributed by atoms with Crippen molar-refractivity contribution >= 4 is 5.91 Å². The average Bonchev–Trinajstić information content (AvgIpc) is 2.07. The van der Waals surface area contributed by atoms with Crippen LogP contribution < -0.4 is 5.73 Å². The van der Waals surface area contributed by atoms with E-state index in [0.29, 0.717) is 12.8 Å². The first-order chi connectivity index (χ1) is 6.75. The highest BCUT2D eigenvalue weighted by atomic mass is 19.4. The van der Waals surface area contributed by atoms with Crippen LogP contribution >= 0.6 is 0 Å². The monoisotopic (exact) mass is 224 g/mol. The topological polar surface area (TPSA) is 46.3 Å². The molecule has 1 rings (SSSR count). The summed E-state index contributed by atoms with van der Waals surface area (Å²) in [6.07, 6.45) is -3.19. The van der Waals surface area contributed by atoms with Gasteiger partial charge in [0.25, 0.3) is 0 Å². The second kappa shape index (κ2) is 4.00. The van der Waals surface area contributed by atoms with Crippen LogP contribution in [0.15, 0.2) is 0 Å². The standard InChI is InChI=1S/C9H15F3N2O/c1-14(6-5-9(10,11)12)7(15)8(13)3-2-4-8/h2-6,13H2,1H3. The fourth-order valence-electron chi connectivity index (χ4n) is 1.55. The Morgan fingerprint density at radius 2 is 2.00 bits per heavy atom.